The van der Waals surface area contributed by atoms with E-state index < -0.39 is 0 Å². The van der Waals surface area contributed by atoms with Crippen molar-refractivity contribution in [2.45, 2.75) is 98.8 Å². The summed E-state index contributed by atoms with van der Waals surface area (Å²) in [5.74, 6) is 8.39. The third-order valence-electron chi connectivity index (χ3n) is 22.2. The molecule has 0 bridgehead atoms. The van der Waals surface area contributed by atoms with E-state index in [2.05, 4.69) is 267 Å². The van der Waals surface area contributed by atoms with Crippen LogP contribution in [0.25, 0.3) is 34.2 Å². The van der Waals surface area contributed by atoms with E-state index >= 15 is 0 Å². The molecule has 9 heterocycles. The molecular formula is C112H100Ir4N18-10. The Balaban J connectivity index is 0.000000144. The molecule has 0 spiro atoms. The Morgan fingerprint density at radius 3 is 1.05 bits per heavy atom. The van der Waals surface area contributed by atoms with Crippen LogP contribution in [0.5, 0.6) is 0 Å². The van der Waals surface area contributed by atoms with Crippen molar-refractivity contribution in [3.05, 3.63) is 449 Å². The SMILES string of the molecule is CC(C)c1cc(C(C)C)c(-n2ccnc2-c2[c-]cccc2)c(C(C)C)c1.CC(C)c1cccc(C(C)C)c1-n1ccnc1-c1[c-]cccc1.CN1[CH-]N(c2[c-]cc(C#N)cc2)c2ccccc21.[Ir].[Ir].[Ir].[Ir].[c-]1ccccc1N1[CH-]N(c2ccccc2)c2cccnc21.[c-]1ccccc1N1[CH-]N(c2ccccc2)c2nccnc21.[c-]1ccccc1N1[CH-]N(c2ccccc2)c2nccnc21. The summed E-state index contributed by atoms with van der Waals surface area (Å²) in [5.41, 5.74) is 22.5. The number of fused-ring (bicyclic) bond motifs is 4. The van der Waals surface area contributed by atoms with Gasteiger partial charge in [-0.25, -0.2) is 30.2 Å². The molecule has 0 aliphatic carbocycles. The molecule has 0 saturated heterocycles. The molecule has 0 atom stereocenters. The summed E-state index contributed by atoms with van der Waals surface area (Å²) in [6, 6.07) is 121. The Morgan fingerprint density at radius 2 is 0.657 bits per heavy atom. The number of nitriles is 1. The Labute approximate surface area is 843 Å². The molecule has 12 aromatic carbocycles. The summed E-state index contributed by atoms with van der Waals surface area (Å²) in [6.45, 7) is 30.7. The molecule has 4 aliphatic rings. The summed E-state index contributed by atoms with van der Waals surface area (Å²) in [5, 5.41) is 8.79. The number of anilines is 15. The minimum Gasteiger partial charge on any atom is -0.504 e. The van der Waals surface area contributed by atoms with Crippen molar-refractivity contribution in [1.29, 1.82) is 5.26 Å². The van der Waals surface area contributed by atoms with Crippen LogP contribution in [-0.2, 0) is 80.4 Å². The average molecular weight is 2470 g/mol. The maximum Gasteiger partial charge on any atom is 0.145 e. The first kappa shape index (κ1) is 99.9. The first-order valence-corrected chi connectivity index (χ1v) is 43.7. The minimum atomic E-state index is 0. The van der Waals surface area contributed by atoms with Crippen LogP contribution in [0.4, 0.5) is 86.0 Å². The number of aromatic nitrogens is 9. The van der Waals surface area contributed by atoms with Gasteiger partial charge in [0.05, 0.1) is 17.3 Å². The second-order valence-electron chi connectivity index (χ2n) is 32.6. The van der Waals surface area contributed by atoms with Crippen molar-refractivity contribution < 1.29 is 80.4 Å². The summed E-state index contributed by atoms with van der Waals surface area (Å²) in [4.78, 5) is 48.0. The van der Waals surface area contributed by atoms with E-state index in [1.165, 1.54) is 39.2 Å². The number of hydrogen-bond donors (Lipinski definition) is 0. The van der Waals surface area contributed by atoms with Gasteiger partial charge in [0.1, 0.15) is 29.1 Å². The number of para-hydroxylation sites is 9. The molecule has 0 amide bonds. The first-order chi connectivity index (χ1) is 63.6. The predicted molar refractivity (Wildman–Crippen MR) is 527 cm³/mol. The standard InChI is InChI=1S/C24H29N2.C21H23N2.C18H13N3.2C17H12N4.C15H11N3.4Ir/c1-16(2)20-14-21(17(3)4)23(22(15-20)18(5)6)26-13-12-25-24(26)19-10-8-7-9-11-19;1-15(2)18-11-8-12-19(16(3)4)20(18)23-14-13-22-21(23)17-9-6-5-7-10-17;1-3-8-15(9-4-1)20-14-21(16-10-5-2-6-11-16)18-17(20)12-7-13-19-18;2*1-3-7-14(8-4-1)20-13-21(15-9-5-2-6-10-15)17-16(20)18-11-12-19-17;1-17-11-18(15-5-3-2-4-14(15)17)13-8-6-12(10-16)7-9-13;;;;/h7-10,12-18H,1-6H3;5-9,11-16H,1-4H3;1-10,12-14H;2*1-9,11-13H;2-8,11H,1H3;;;;/q2*-1;4*-2;;;;. The van der Waals surface area contributed by atoms with Crippen LogP contribution in [-0.4, -0.2) is 51.1 Å². The zero-order chi connectivity index (χ0) is 90.0. The zero-order valence-electron chi connectivity index (χ0n) is 76.1. The van der Waals surface area contributed by atoms with Gasteiger partial charge in [-0.1, -0.05) is 172 Å². The maximum absolute atomic E-state index is 8.79. The van der Waals surface area contributed by atoms with Crippen LogP contribution >= 0.6 is 0 Å². The largest absolute Gasteiger partial charge is 0.504 e. The van der Waals surface area contributed by atoms with Crippen molar-refractivity contribution in [1.82, 2.24) is 44.0 Å². The molecule has 5 aromatic heterocycles. The zero-order valence-corrected chi connectivity index (χ0v) is 85.6. The Morgan fingerprint density at radius 1 is 0.291 bits per heavy atom. The average Bonchev–Trinajstić information content (AvgIpc) is 1.62. The normalized spacial score (nSPS) is 12.3. The summed E-state index contributed by atoms with van der Waals surface area (Å²) in [6.07, 6.45) is 16.5. The molecular weight excluding hydrogens is 2370 g/mol. The minimum absolute atomic E-state index is 0. The third kappa shape index (κ3) is 22.8. The van der Waals surface area contributed by atoms with Crippen LogP contribution < -0.4 is 39.2 Å². The number of hydrogen-bond acceptors (Lipinski definition) is 16. The molecule has 0 fully saturated rings. The summed E-state index contributed by atoms with van der Waals surface area (Å²) < 4.78 is 4.47. The van der Waals surface area contributed by atoms with E-state index in [1.54, 1.807) is 36.9 Å². The van der Waals surface area contributed by atoms with Gasteiger partial charge >= 0.3 is 0 Å². The number of nitrogens with zero attached hydrogens (tertiary/aromatic N) is 18. The topological polar surface area (TPSA) is 150 Å². The molecule has 4 radical (unpaired) electrons. The van der Waals surface area contributed by atoms with Crippen molar-refractivity contribution in [2.24, 2.45) is 0 Å². The van der Waals surface area contributed by atoms with Crippen molar-refractivity contribution in [3.63, 3.8) is 0 Å². The van der Waals surface area contributed by atoms with E-state index in [0.717, 1.165) is 109 Å². The van der Waals surface area contributed by atoms with Gasteiger partial charge in [-0.05, 0) is 125 Å². The smallest absolute Gasteiger partial charge is 0.145 e. The van der Waals surface area contributed by atoms with Gasteiger partial charge in [0, 0.05) is 182 Å². The van der Waals surface area contributed by atoms with E-state index in [-0.39, 0.29) is 80.4 Å². The van der Waals surface area contributed by atoms with Crippen LogP contribution in [0.15, 0.2) is 353 Å². The Hall–Kier alpha value is -13.1. The molecule has 0 unspecified atom stereocenters. The number of imidazole rings is 2. The van der Waals surface area contributed by atoms with Gasteiger partial charge in [-0.2, -0.15) is 116 Å². The van der Waals surface area contributed by atoms with Gasteiger partial charge in [0.15, 0.2) is 0 Å². The van der Waals surface area contributed by atoms with Gasteiger partial charge in [-0.15, -0.1) is 121 Å². The van der Waals surface area contributed by atoms with E-state index in [1.807, 2.05) is 278 Å². The second kappa shape index (κ2) is 47.5. The molecule has 0 saturated carbocycles. The number of rotatable bonds is 16. The van der Waals surface area contributed by atoms with Crippen LogP contribution in [0.3, 0.4) is 0 Å². The van der Waals surface area contributed by atoms with E-state index in [0.29, 0.717) is 35.2 Å². The van der Waals surface area contributed by atoms with Crippen LogP contribution in [0.2, 0.25) is 0 Å². The van der Waals surface area contributed by atoms with Crippen molar-refractivity contribution in [3.8, 4) is 40.2 Å². The van der Waals surface area contributed by atoms with Crippen LogP contribution in [0.1, 0.15) is 132 Å². The molecule has 684 valence electrons. The van der Waals surface area contributed by atoms with Gasteiger partial charge < -0.3 is 48.3 Å². The second-order valence-corrected chi connectivity index (χ2v) is 32.6. The number of pyridine rings is 1. The fourth-order valence-electron chi connectivity index (χ4n) is 15.8. The molecule has 21 rings (SSSR count). The Kier molecular flexibility index (Phi) is 35.4. The molecule has 4 aliphatic heterocycles. The third-order valence-corrected chi connectivity index (χ3v) is 22.2. The maximum atomic E-state index is 8.79. The van der Waals surface area contributed by atoms with Crippen molar-refractivity contribution in [2.75, 3.05) is 46.2 Å². The van der Waals surface area contributed by atoms with E-state index in [4.69, 9.17) is 5.26 Å². The van der Waals surface area contributed by atoms with Crippen molar-refractivity contribution >= 4 is 86.0 Å². The van der Waals surface area contributed by atoms with Gasteiger partial charge in [0.2, 0.25) is 0 Å². The summed E-state index contributed by atoms with van der Waals surface area (Å²) >= 11 is 0. The molecule has 22 heteroatoms. The Bertz CT molecular complexity index is 6010. The number of benzene rings is 12. The van der Waals surface area contributed by atoms with Gasteiger partial charge in [-0.3, -0.25) is 9.97 Å². The first-order valence-electron chi connectivity index (χ1n) is 43.7. The van der Waals surface area contributed by atoms with E-state index in [9.17, 15) is 0 Å². The molecule has 134 heavy (non-hydrogen) atoms. The molecule has 18 nitrogen and oxygen atoms in total. The fourth-order valence-corrected chi connectivity index (χ4v) is 15.8. The molecule has 17 aromatic rings. The van der Waals surface area contributed by atoms with Gasteiger partial charge in [0.25, 0.3) is 0 Å². The monoisotopic (exact) mass is 2470 g/mol. The fraction of sp³-hybridized carbons (Fsp3) is 0.143. The summed E-state index contributed by atoms with van der Waals surface area (Å²) in [7, 11) is 2.02. The predicted octanol–water partition coefficient (Wildman–Crippen LogP) is 27.0. The molecule has 0 N–H and O–H groups in total. The van der Waals surface area contributed by atoms with Crippen LogP contribution in [0, 0.1) is 74.4 Å². The quantitative estimate of drug-likeness (QED) is 0.0843.